The van der Waals surface area contributed by atoms with Crippen LogP contribution in [0, 0.1) is 0 Å². The van der Waals surface area contributed by atoms with Crippen molar-refractivity contribution < 1.29 is 4.74 Å². The molecule has 1 unspecified atom stereocenters. The molecule has 0 amide bonds. The van der Waals surface area contributed by atoms with E-state index in [-0.39, 0.29) is 0 Å². The van der Waals surface area contributed by atoms with Crippen LogP contribution in [-0.4, -0.2) is 6.61 Å². The number of para-hydroxylation sites is 1. The lowest BCUT2D eigenvalue weighted by Gasteiger charge is -2.27. The largest absolute Gasteiger partial charge is 0.493 e. The van der Waals surface area contributed by atoms with Gasteiger partial charge in [0.15, 0.2) is 0 Å². The Kier molecular flexibility index (Phi) is 4.29. The Hall–Kier alpha value is -1.03. The summed E-state index contributed by atoms with van der Waals surface area (Å²) in [5.41, 5.74) is 2.33. The van der Waals surface area contributed by atoms with Gasteiger partial charge in [0.1, 0.15) is 5.75 Å². The first-order valence-electron chi connectivity index (χ1n) is 6.63. The SMILES string of the molecule is Clc1ccc(Br)cc1CNC1CCOc2ccccc21. The number of hydrogen-bond acceptors (Lipinski definition) is 2. The Morgan fingerprint density at radius 2 is 2.10 bits per heavy atom. The summed E-state index contributed by atoms with van der Waals surface area (Å²) in [6, 6.07) is 14.4. The van der Waals surface area contributed by atoms with Gasteiger partial charge >= 0.3 is 0 Å². The zero-order valence-corrected chi connectivity index (χ0v) is 13.2. The van der Waals surface area contributed by atoms with Crippen LogP contribution in [0.25, 0.3) is 0 Å². The third kappa shape index (κ3) is 3.00. The summed E-state index contributed by atoms with van der Waals surface area (Å²) in [5, 5.41) is 4.37. The van der Waals surface area contributed by atoms with Crippen LogP contribution in [-0.2, 0) is 6.54 Å². The molecule has 0 radical (unpaired) electrons. The van der Waals surface area contributed by atoms with Gasteiger partial charge in [-0.2, -0.15) is 0 Å². The van der Waals surface area contributed by atoms with Crippen molar-refractivity contribution in [3.8, 4) is 5.75 Å². The van der Waals surface area contributed by atoms with Crippen molar-refractivity contribution in [2.75, 3.05) is 6.61 Å². The fourth-order valence-corrected chi connectivity index (χ4v) is 3.06. The first-order valence-corrected chi connectivity index (χ1v) is 7.80. The molecule has 4 heteroatoms. The molecule has 0 saturated carbocycles. The number of ether oxygens (including phenoxy) is 1. The quantitative estimate of drug-likeness (QED) is 0.863. The minimum atomic E-state index is 0.315. The molecule has 1 aliphatic heterocycles. The van der Waals surface area contributed by atoms with E-state index in [4.69, 9.17) is 16.3 Å². The molecule has 2 aromatic carbocycles. The second-order valence-electron chi connectivity index (χ2n) is 4.84. The summed E-state index contributed by atoms with van der Waals surface area (Å²) >= 11 is 9.71. The summed E-state index contributed by atoms with van der Waals surface area (Å²) in [4.78, 5) is 0. The maximum atomic E-state index is 6.23. The molecule has 0 fully saturated rings. The van der Waals surface area contributed by atoms with Crippen molar-refractivity contribution >= 4 is 27.5 Å². The minimum absolute atomic E-state index is 0.315. The summed E-state index contributed by atoms with van der Waals surface area (Å²) in [7, 11) is 0. The standard InChI is InChI=1S/C16H15BrClNO/c17-12-5-6-14(18)11(9-12)10-19-15-7-8-20-16-4-2-1-3-13(15)16/h1-6,9,15,19H,7-8,10H2. The third-order valence-corrected chi connectivity index (χ3v) is 4.37. The molecule has 0 spiro atoms. The van der Waals surface area contributed by atoms with Crippen molar-refractivity contribution in [3.05, 3.63) is 63.1 Å². The van der Waals surface area contributed by atoms with Crippen LogP contribution in [0.15, 0.2) is 46.9 Å². The molecule has 3 rings (SSSR count). The fourth-order valence-electron chi connectivity index (χ4n) is 2.47. The lowest BCUT2D eigenvalue weighted by molar-refractivity contribution is 0.252. The number of benzene rings is 2. The average molecular weight is 353 g/mol. The van der Waals surface area contributed by atoms with Crippen molar-refractivity contribution in [2.24, 2.45) is 0 Å². The first-order chi connectivity index (χ1) is 9.74. The van der Waals surface area contributed by atoms with E-state index in [1.807, 2.05) is 30.3 Å². The Balaban J connectivity index is 1.75. The van der Waals surface area contributed by atoms with Crippen molar-refractivity contribution in [3.63, 3.8) is 0 Å². The second-order valence-corrected chi connectivity index (χ2v) is 6.17. The van der Waals surface area contributed by atoms with Gasteiger partial charge in [0.2, 0.25) is 0 Å². The van der Waals surface area contributed by atoms with Gasteiger partial charge in [-0.05, 0) is 29.8 Å². The highest BCUT2D eigenvalue weighted by molar-refractivity contribution is 9.10. The van der Waals surface area contributed by atoms with E-state index < -0.39 is 0 Å². The van der Waals surface area contributed by atoms with E-state index in [1.165, 1.54) is 5.56 Å². The van der Waals surface area contributed by atoms with Crippen molar-refractivity contribution in [2.45, 2.75) is 19.0 Å². The predicted octanol–water partition coefficient (Wildman–Crippen LogP) is 4.72. The maximum absolute atomic E-state index is 6.23. The monoisotopic (exact) mass is 351 g/mol. The highest BCUT2D eigenvalue weighted by atomic mass is 79.9. The van der Waals surface area contributed by atoms with Crippen molar-refractivity contribution in [1.29, 1.82) is 0 Å². The van der Waals surface area contributed by atoms with Gasteiger partial charge in [0.25, 0.3) is 0 Å². The van der Waals surface area contributed by atoms with Crippen LogP contribution in [0.1, 0.15) is 23.6 Å². The molecule has 20 heavy (non-hydrogen) atoms. The van der Waals surface area contributed by atoms with Gasteiger partial charge in [-0.15, -0.1) is 0 Å². The molecule has 1 N–H and O–H groups in total. The van der Waals surface area contributed by atoms with E-state index in [0.29, 0.717) is 6.04 Å². The maximum Gasteiger partial charge on any atom is 0.124 e. The molecule has 1 aliphatic rings. The Morgan fingerprint density at radius 3 is 3.00 bits per heavy atom. The highest BCUT2D eigenvalue weighted by Crippen LogP contribution is 2.32. The van der Waals surface area contributed by atoms with Crippen LogP contribution in [0.5, 0.6) is 5.75 Å². The number of halogens is 2. The average Bonchev–Trinajstić information content (AvgIpc) is 2.48. The molecule has 2 aromatic rings. The van der Waals surface area contributed by atoms with Gasteiger partial charge in [-0.25, -0.2) is 0 Å². The molecule has 0 saturated heterocycles. The number of hydrogen-bond donors (Lipinski definition) is 1. The molecule has 0 aromatic heterocycles. The molecular formula is C16H15BrClNO. The fraction of sp³-hybridized carbons (Fsp3) is 0.250. The first kappa shape index (κ1) is 13.9. The van der Waals surface area contributed by atoms with Gasteiger partial charge in [-0.3, -0.25) is 0 Å². The Morgan fingerprint density at radius 1 is 1.25 bits per heavy atom. The number of fused-ring (bicyclic) bond motifs is 1. The number of rotatable bonds is 3. The smallest absolute Gasteiger partial charge is 0.124 e. The Bertz CT molecular complexity index is 617. The van der Waals surface area contributed by atoms with E-state index in [2.05, 4.69) is 33.4 Å². The number of nitrogens with one attached hydrogen (secondary N) is 1. The lowest BCUT2D eigenvalue weighted by Crippen LogP contribution is -2.26. The topological polar surface area (TPSA) is 21.3 Å². The lowest BCUT2D eigenvalue weighted by atomic mass is 10.0. The summed E-state index contributed by atoms with van der Waals surface area (Å²) < 4.78 is 6.72. The molecule has 1 atom stereocenters. The molecule has 0 bridgehead atoms. The van der Waals surface area contributed by atoms with Gasteiger partial charge in [0.05, 0.1) is 6.61 Å². The summed E-state index contributed by atoms with van der Waals surface area (Å²) in [6.07, 6.45) is 0.975. The third-order valence-electron chi connectivity index (χ3n) is 3.51. The molecule has 104 valence electrons. The molecule has 2 nitrogen and oxygen atoms in total. The van der Waals surface area contributed by atoms with Crippen LogP contribution in [0.3, 0.4) is 0 Å². The predicted molar refractivity (Wildman–Crippen MR) is 85.3 cm³/mol. The minimum Gasteiger partial charge on any atom is -0.493 e. The highest BCUT2D eigenvalue weighted by Gasteiger charge is 2.20. The van der Waals surface area contributed by atoms with E-state index in [0.717, 1.165) is 40.4 Å². The van der Waals surface area contributed by atoms with E-state index in [1.54, 1.807) is 0 Å². The summed E-state index contributed by atoms with van der Waals surface area (Å²) in [6.45, 7) is 1.50. The second kappa shape index (κ2) is 6.17. The Labute approximate surface area is 132 Å². The van der Waals surface area contributed by atoms with Crippen LogP contribution in [0.4, 0.5) is 0 Å². The summed E-state index contributed by atoms with van der Waals surface area (Å²) in [5.74, 6) is 0.983. The van der Waals surface area contributed by atoms with Crippen LogP contribution >= 0.6 is 27.5 Å². The van der Waals surface area contributed by atoms with Crippen LogP contribution in [0.2, 0.25) is 5.02 Å². The molecule has 1 heterocycles. The van der Waals surface area contributed by atoms with Crippen molar-refractivity contribution in [1.82, 2.24) is 5.32 Å². The molecular weight excluding hydrogens is 338 g/mol. The van der Waals surface area contributed by atoms with Gasteiger partial charge in [0, 0.05) is 34.1 Å². The van der Waals surface area contributed by atoms with Gasteiger partial charge < -0.3 is 10.1 Å². The molecule has 0 aliphatic carbocycles. The zero-order valence-electron chi connectivity index (χ0n) is 10.9. The van der Waals surface area contributed by atoms with E-state index in [9.17, 15) is 0 Å². The van der Waals surface area contributed by atoms with Gasteiger partial charge in [-0.1, -0.05) is 45.7 Å². The van der Waals surface area contributed by atoms with E-state index >= 15 is 0 Å². The zero-order chi connectivity index (χ0) is 13.9. The van der Waals surface area contributed by atoms with Crippen LogP contribution < -0.4 is 10.1 Å². The normalized spacial score (nSPS) is 17.4.